The molecule has 0 aromatic carbocycles. The first-order valence-corrected chi connectivity index (χ1v) is 3.11. The zero-order valence-corrected chi connectivity index (χ0v) is 5.30. The lowest BCUT2D eigenvalue weighted by atomic mass is 10.0. The normalized spacial score (nSPS) is 27.1. The fourth-order valence-electron chi connectivity index (χ4n) is 0.900. The average Bonchev–Trinajstić information content (AvgIpc) is 1.88. The molecular formula is C7H10O2. The lowest BCUT2D eigenvalue weighted by Gasteiger charge is -2.16. The predicted molar refractivity (Wildman–Crippen MR) is 33.9 cm³/mol. The third kappa shape index (κ3) is 1.56. The molecule has 1 aliphatic heterocycles. The maximum Gasteiger partial charge on any atom is 0.306 e. The second kappa shape index (κ2) is 2.67. The highest BCUT2D eigenvalue weighted by Crippen LogP contribution is 2.15. The van der Waals surface area contributed by atoms with Gasteiger partial charge in [-0.05, 0) is 12.3 Å². The molecule has 0 spiro atoms. The topological polar surface area (TPSA) is 26.3 Å². The number of ether oxygens (including phenoxy) is 1. The Balaban J connectivity index is 2.40. The van der Waals surface area contributed by atoms with Crippen LogP contribution in [-0.4, -0.2) is 12.6 Å². The van der Waals surface area contributed by atoms with Crippen molar-refractivity contribution in [3.05, 3.63) is 12.7 Å². The summed E-state index contributed by atoms with van der Waals surface area (Å²) in [6, 6.07) is 0. The minimum atomic E-state index is -0.0915. The van der Waals surface area contributed by atoms with Crippen LogP contribution in [0.15, 0.2) is 12.7 Å². The Bertz CT molecular complexity index is 129. The van der Waals surface area contributed by atoms with E-state index in [9.17, 15) is 4.79 Å². The van der Waals surface area contributed by atoms with E-state index in [-0.39, 0.29) is 5.97 Å². The smallest absolute Gasteiger partial charge is 0.306 e. The van der Waals surface area contributed by atoms with Gasteiger partial charge in [0.05, 0.1) is 13.0 Å². The molecule has 1 aliphatic rings. The SMILES string of the molecule is C=CC1CCOC(=O)C1. The Morgan fingerprint density at radius 1 is 1.78 bits per heavy atom. The first-order valence-electron chi connectivity index (χ1n) is 3.11. The molecule has 1 heterocycles. The first-order chi connectivity index (χ1) is 4.33. The van der Waals surface area contributed by atoms with Crippen LogP contribution < -0.4 is 0 Å². The number of hydrogen-bond donors (Lipinski definition) is 0. The van der Waals surface area contributed by atoms with Gasteiger partial charge in [-0.25, -0.2) is 0 Å². The number of allylic oxidation sites excluding steroid dienone is 1. The van der Waals surface area contributed by atoms with Gasteiger partial charge in [0.2, 0.25) is 0 Å². The molecule has 0 aromatic rings. The van der Waals surface area contributed by atoms with Crippen LogP contribution in [0.25, 0.3) is 0 Å². The summed E-state index contributed by atoms with van der Waals surface area (Å²) in [5.74, 6) is 0.261. The van der Waals surface area contributed by atoms with Gasteiger partial charge < -0.3 is 4.74 Å². The Kier molecular flexibility index (Phi) is 1.88. The van der Waals surface area contributed by atoms with E-state index in [2.05, 4.69) is 6.58 Å². The lowest BCUT2D eigenvalue weighted by Crippen LogP contribution is -2.18. The summed E-state index contributed by atoms with van der Waals surface area (Å²) >= 11 is 0. The van der Waals surface area contributed by atoms with Crippen molar-refractivity contribution in [1.82, 2.24) is 0 Å². The van der Waals surface area contributed by atoms with Crippen molar-refractivity contribution >= 4 is 5.97 Å². The highest BCUT2D eigenvalue weighted by molar-refractivity contribution is 5.70. The summed E-state index contributed by atoms with van der Waals surface area (Å²) in [4.78, 5) is 10.6. The quantitative estimate of drug-likeness (QED) is 0.389. The van der Waals surface area contributed by atoms with Crippen molar-refractivity contribution in [2.75, 3.05) is 6.61 Å². The fourth-order valence-corrected chi connectivity index (χ4v) is 0.900. The fraction of sp³-hybridized carbons (Fsp3) is 0.571. The van der Waals surface area contributed by atoms with Crippen LogP contribution in [-0.2, 0) is 9.53 Å². The van der Waals surface area contributed by atoms with E-state index in [0.717, 1.165) is 6.42 Å². The van der Waals surface area contributed by atoms with E-state index in [1.165, 1.54) is 0 Å². The Labute approximate surface area is 54.5 Å². The summed E-state index contributed by atoms with van der Waals surface area (Å²) in [7, 11) is 0. The summed E-state index contributed by atoms with van der Waals surface area (Å²) in [6.45, 7) is 4.18. The third-order valence-electron chi connectivity index (χ3n) is 1.51. The van der Waals surface area contributed by atoms with Crippen molar-refractivity contribution in [3.63, 3.8) is 0 Å². The zero-order chi connectivity index (χ0) is 6.69. The Hall–Kier alpha value is -0.790. The molecule has 2 nitrogen and oxygen atoms in total. The molecule has 1 fully saturated rings. The van der Waals surface area contributed by atoms with Crippen molar-refractivity contribution in [2.24, 2.45) is 5.92 Å². The van der Waals surface area contributed by atoms with Gasteiger partial charge in [0.25, 0.3) is 0 Å². The zero-order valence-electron chi connectivity index (χ0n) is 5.30. The second-order valence-corrected chi connectivity index (χ2v) is 2.21. The number of rotatable bonds is 1. The number of carbonyl (C=O) groups is 1. The molecule has 1 unspecified atom stereocenters. The minimum Gasteiger partial charge on any atom is -0.466 e. The highest BCUT2D eigenvalue weighted by atomic mass is 16.5. The molecule has 0 saturated carbocycles. The lowest BCUT2D eigenvalue weighted by molar-refractivity contribution is -0.148. The summed E-state index contributed by atoms with van der Waals surface area (Å²) in [5, 5.41) is 0. The number of hydrogen-bond acceptors (Lipinski definition) is 2. The molecular weight excluding hydrogens is 116 g/mol. The maximum absolute atomic E-state index is 10.6. The largest absolute Gasteiger partial charge is 0.466 e. The molecule has 0 aliphatic carbocycles. The van der Waals surface area contributed by atoms with Crippen LogP contribution in [0.5, 0.6) is 0 Å². The molecule has 2 heteroatoms. The number of carbonyl (C=O) groups excluding carboxylic acids is 1. The van der Waals surface area contributed by atoms with E-state index in [0.29, 0.717) is 18.9 Å². The maximum atomic E-state index is 10.6. The van der Waals surface area contributed by atoms with E-state index in [1.54, 1.807) is 0 Å². The molecule has 0 N–H and O–H groups in total. The van der Waals surface area contributed by atoms with Crippen LogP contribution in [0.2, 0.25) is 0 Å². The van der Waals surface area contributed by atoms with Crippen LogP contribution in [0.3, 0.4) is 0 Å². The van der Waals surface area contributed by atoms with Gasteiger partial charge in [-0.15, -0.1) is 6.58 Å². The van der Waals surface area contributed by atoms with Gasteiger partial charge >= 0.3 is 5.97 Å². The third-order valence-corrected chi connectivity index (χ3v) is 1.51. The van der Waals surface area contributed by atoms with Gasteiger partial charge in [0, 0.05) is 0 Å². The number of cyclic esters (lactones) is 1. The van der Waals surface area contributed by atoms with E-state index >= 15 is 0 Å². The minimum absolute atomic E-state index is 0.0915. The Morgan fingerprint density at radius 2 is 2.56 bits per heavy atom. The molecule has 9 heavy (non-hydrogen) atoms. The Morgan fingerprint density at radius 3 is 3.00 bits per heavy atom. The molecule has 1 atom stereocenters. The van der Waals surface area contributed by atoms with Crippen molar-refractivity contribution in [1.29, 1.82) is 0 Å². The molecule has 1 saturated heterocycles. The van der Waals surface area contributed by atoms with Crippen LogP contribution in [0.4, 0.5) is 0 Å². The van der Waals surface area contributed by atoms with Gasteiger partial charge in [0.1, 0.15) is 0 Å². The molecule has 0 amide bonds. The summed E-state index contributed by atoms with van der Waals surface area (Å²) < 4.78 is 4.72. The van der Waals surface area contributed by atoms with E-state index in [1.807, 2.05) is 6.08 Å². The molecule has 1 rings (SSSR count). The average molecular weight is 126 g/mol. The van der Waals surface area contributed by atoms with E-state index < -0.39 is 0 Å². The van der Waals surface area contributed by atoms with Crippen LogP contribution >= 0.6 is 0 Å². The molecule has 0 radical (unpaired) electrons. The summed E-state index contributed by atoms with van der Waals surface area (Å²) in [6.07, 6.45) is 3.28. The standard InChI is InChI=1S/C7H10O2/c1-2-6-3-4-9-7(8)5-6/h2,6H,1,3-5H2. The highest BCUT2D eigenvalue weighted by Gasteiger charge is 2.16. The van der Waals surface area contributed by atoms with Gasteiger partial charge in [0.15, 0.2) is 0 Å². The molecule has 50 valence electrons. The number of esters is 1. The van der Waals surface area contributed by atoms with Crippen molar-refractivity contribution in [3.8, 4) is 0 Å². The second-order valence-electron chi connectivity index (χ2n) is 2.21. The van der Waals surface area contributed by atoms with Crippen LogP contribution in [0.1, 0.15) is 12.8 Å². The predicted octanol–water partition coefficient (Wildman–Crippen LogP) is 1.13. The monoisotopic (exact) mass is 126 g/mol. The van der Waals surface area contributed by atoms with Crippen molar-refractivity contribution < 1.29 is 9.53 Å². The van der Waals surface area contributed by atoms with Crippen LogP contribution in [0, 0.1) is 5.92 Å². The van der Waals surface area contributed by atoms with E-state index in [4.69, 9.17) is 4.74 Å². The molecule has 0 aromatic heterocycles. The van der Waals surface area contributed by atoms with Crippen molar-refractivity contribution in [2.45, 2.75) is 12.8 Å². The van der Waals surface area contributed by atoms with Gasteiger partial charge in [-0.3, -0.25) is 4.79 Å². The summed E-state index contributed by atoms with van der Waals surface area (Å²) in [5.41, 5.74) is 0. The first kappa shape index (κ1) is 6.33. The van der Waals surface area contributed by atoms with Gasteiger partial charge in [-0.1, -0.05) is 6.08 Å². The van der Waals surface area contributed by atoms with Gasteiger partial charge in [-0.2, -0.15) is 0 Å². The molecule has 0 bridgehead atoms.